The van der Waals surface area contributed by atoms with Crippen LogP contribution in [-0.4, -0.2) is 41.1 Å². The summed E-state index contributed by atoms with van der Waals surface area (Å²) in [4.78, 5) is 0. The van der Waals surface area contributed by atoms with Gasteiger partial charge in [0.25, 0.3) is 0 Å². The van der Waals surface area contributed by atoms with Crippen LogP contribution in [0, 0.1) is 0 Å². The first kappa shape index (κ1) is 27.8. The highest BCUT2D eigenvalue weighted by Crippen LogP contribution is 2.54. The lowest BCUT2D eigenvalue weighted by Gasteiger charge is -2.39. The lowest BCUT2D eigenvalue weighted by Crippen LogP contribution is -2.43. The van der Waals surface area contributed by atoms with Crippen LogP contribution >= 0.6 is 16.1 Å². The lowest BCUT2D eigenvalue weighted by atomic mass is 10.4. The molecule has 0 spiro atoms. The molecular weight excluding hydrogens is 512 g/mol. The van der Waals surface area contributed by atoms with Crippen molar-refractivity contribution in [2.45, 2.75) is 12.5 Å². The van der Waals surface area contributed by atoms with Gasteiger partial charge in [-0.15, -0.1) is 0 Å². The standard InChI is InChI=1S/C30H35NO3P2Si/c1-32-37(33-2,34-3)26-16-25-31(35(27-17-8-4-9-18-27)28-19-10-5-11-20-28)36(29-21-12-6-13-22-29)30-23-14-7-15-24-30/h4-15,17-24H,16,25-26H2,1-3H3. The average Bonchev–Trinajstić information content (AvgIpc) is 2.98. The Morgan fingerprint density at radius 1 is 0.514 bits per heavy atom. The Bertz CT molecular complexity index is 1010. The summed E-state index contributed by atoms with van der Waals surface area (Å²) in [6.07, 6.45) is 0.902. The fourth-order valence-electron chi connectivity index (χ4n) is 4.39. The third-order valence-electron chi connectivity index (χ3n) is 6.24. The molecule has 0 atom stereocenters. The van der Waals surface area contributed by atoms with Gasteiger partial charge in [-0.3, -0.25) is 0 Å². The van der Waals surface area contributed by atoms with Gasteiger partial charge in [0.1, 0.15) is 0 Å². The van der Waals surface area contributed by atoms with Crippen molar-refractivity contribution in [3.8, 4) is 0 Å². The van der Waals surface area contributed by atoms with E-state index in [9.17, 15) is 0 Å². The highest BCUT2D eigenvalue weighted by Gasteiger charge is 2.38. The molecule has 0 aliphatic rings. The van der Waals surface area contributed by atoms with Crippen molar-refractivity contribution in [2.24, 2.45) is 0 Å². The normalized spacial score (nSPS) is 11.9. The van der Waals surface area contributed by atoms with Gasteiger partial charge in [0.2, 0.25) is 0 Å². The molecule has 4 aromatic carbocycles. The van der Waals surface area contributed by atoms with E-state index < -0.39 is 24.9 Å². The third-order valence-corrected chi connectivity index (χ3v) is 14.6. The van der Waals surface area contributed by atoms with Crippen LogP contribution in [0.2, 0.25) is 6.04 Å². The summed E-state index contributed by atoms with van der Waals surface area (Å²) in [5.74, 6) is 0. The molecule has 0 heterocycles. The van der Waals surface area contributed by atoms with Crippen molar-refractivity contribution >= 4 is 46.2 Å². The van der Waals surface area contributed by atoms with Crippen molar-refractivity contribution in [3.63, 3.8) is 0 Å². The van der Waals surface area contributed by atoms with Crippen molar-refractivity contribution in [3.05, 3.63) is 121 Å². The molecule has 0 unspecified atom stereocenters. The van der Waals surface area contributed by atoms with E-state index in [0.717, 1.165) is 19.0 Å². The van der Waals surface area contributed by atoms with Gasteiger partial charge in [0, 0.05) is 50.1 Å². The van der Waals surface area contributed by atoms with E-state index >= 15 is 0 Å². The Morgan fingerprint density at radius 2 is 0.811 bits per heavy atom. The maximum Gasteiger partial charge on any atom is 0.500 e. The largest absolute Gasteiger partial charge is 0.500 e. The Hall–Kier alpha value is -2.20. The Morgan fingerprint density at radius 3 is 1.08 bits per heavy atom. The molecular formula is C30H35NO3P2Si. The molecule has 0 bridgehead atoms. The van der Waals surface area contributed by atoms with Crippen LogP contribution in [0.15, 0.2) is 121 Å². The summed E-state index contributed by atoms with van der Waals surface area (Å²) < 4.78 is 20.0. The second-order valence-corrected chi connectivity index (χ2v) is 16.1. The molecule has 4 aromatic rings. The summed E-state index contributed by atoms with van der Waals surface area (Å²) in [5, 5.41) is 5.38. The van der Waals surface area contributed by atoms with E-state index in [-0.39, 0.29) is 0 Å². The molecule has 4 rings (SSSR count). The van der Waals surface area contributed by atoms with E-state index in [4.69, 9.17) is 13.3 Å². The number of benzene rings is 4. The quantitative estimate of drug-likeness (QED) is 0.160. The first-order valence-corrected chi connectivity index (χ1v) is 17.0. The van der Waals surface area contributed by atoms with Crippen LogP contribution in [-0.2, 0) is 13.3 Å². The van der Waals surface area contributed by atoms with Crippen molar-refractivity contribution < 1.29 is 13.3 Å². The maximum atomic E-state index is 5.76. The SMILES string of the molecule is CO[Si](CCCN(P(c1ccccc1)c1ccccc1)P(c1ccccc1)c1ccccc1)(OC)OC. The smallest absolute Gasteiger partial charge is 0.377 e. The van der Waals surface area contributed by atoms with Gasteiger partial charge in [-0.25, -0.2) is 4.44 Å². The van der Waals surface area contributed by atoms with Crippen LogP contribution in [0.1, 0.15) is 6.42 Å². The number of hydrogen-bond acceptors (Lipinski definition) is 4. The minimum Gasteiger partial charge on any atom is -0.377 e. The highest BCUT2D eigenvalue weighted by atomic mass is 31.2. The topological polar surface area (TPSA) is 30.9 Å². The van der Waals surface area contributed by atoms with Gasteiger partial charge in [0.05, 0.1) is 0 Å². The van der Waals surface area contributed by atoms with E-state index in [1.165, 1.54) is 21.2 Å². The minimum atomic E-state index is -2.68. The van der Waals surface area contributed by atoms with Crippen LogP contribution in [0.25, 0.3) is 0 Å². The molecule has 0 saturated carbocycles. The zero-order chi connectivity index (χ0) is 25.9. The zero-order valence-electron chi connectivity index (χ0n) is 21.7. The van der Waals surface area contributed by atoms with Gasteiger partial charge >= 0.3 is 8.80 Å². The van der Waals surface area contributed by atoms with E-state index in [0.29, 0.717) is 0 Å². The first-order chi connectivity index (χ1) is 18.2. The molecule has 37 heavy (non-hydrogen) atoms. The molecule has 192 valence electrons. The average molecular weight is 548 g/mol. The van der Waals surface area contributed by atoms with E-state index in [1.54, 1.807) is 21.3 Å². The molecule has 0 amide bonds. The monoisotopic (exact) mass is 547 g/mol. The van der Waals surface area contributed by atoms with Crippen LogP contribution in [0.4, 0.5) is 0 Å². The summed E-state index contributed by atoms with van der Waals surface area (Å²) in [5.41, 5.74) is 0. The van der Waals surface area contributed by atoms with Gasteiger partial charge in [0.15, 0.2) is 0 Å². The van der Waals surface area contributed by atoms with Gasteiger partial charge in [-0.2, -0.15) is 0 Å². The predicted octanol–water partition coefficient (Wildman–Crippen LogP) is 5.65. The van der Waals surface area contributed by atoms with E-state index in [1.807, 2.05) is 0 Å². The lowest BCUT2D eigenvalue weighted by molar-refractivity contribution is 0.123. The van der Waals surface area contributed by atoms with Crippen LogP contribution in [0.5, 0.6) is 0 Å². The molecule has 0 fully saturated rings. The number of rotatable bonds is 13. The molecule has 0 radical (unpaired) electrons. The van der Waals surface area contributed by atoms with Gasteiger partial charge in [-0.1, -0.05) is 121 Å². The zero-order valence-corrected chi connectivity index (χ0v) is 24.5. The summed E-state index contributed by atoms with van der Waals surface area (Å²) in [6.45, 7) is 0.885. The minimum absolute atomic E-state index is 0.756. The second-order valence-electron chi connectivity index (χ2n) is 8.46. The van der Waals surface area contributed by atoms with Gasteiger partial charge in [-0.05, 0) is 27.6 Å². The molecule has 0 aromatic heterocycles. The van der Waals surface area contributed by atoms with Crippen LogP contribution < -0.4 is 21.2 Å². The molecule has 7 heteroatoms. The second kappa shape index (κ2) is 14.1. The molecule has 0 N–H and O–H groups in total. The fourth-order valence-corrected chi connectivity index (χ4v) is 12.2. The molecule has 0 saturated heterocycles. The summed E-state index contributed by atoms with van der Waals surface area (Å²) >= 11 is 0. The molecule has 4 nitrogen and oxygen atoms in total. The maximum absolute atomic E-state index is 5.76. The third kappa shape index (κ3) is 7.01. The van der Waals surface area contributed by atoms with Gasteiger partial charge < -0.3 is 13.3 Å². The van der Waals surface area contributed by atoms with Crippen molar-refractivity contribution in [1.82, 2.24) is 4.44 Å². The molecule has 0 aliphatic heterocycles. The van der Waals surface area contributed by atoms with E-state index in [2.05, 4.69) is 126 Å². The van der Waals surface area contributed by atoms with Crippen molar-refractivity contribution in [2.75, 3.05) is 27.9 Å². The number of nitrogens with zero attached hydrogens (tertiary/aromatic N) is 1. The molecule has 0 aliphatic carbocycles. The number of hydrogen-bond donors (Lipinski definition) is 0. The highest BCUT2D eigenvalue weighted by molar-refractivity contribution is 7.84. The van der Waals surface area contributed by atoms with Crippen LogP contribution in [0.3, 0.4) is 0 Å². The fraction of sp³-hybridized carbons (Fsp3) is 0.200. The summed E-state index contributed by atoms with van der Waals surface area (Å²) in [7, 11) is 0.784. The van der Waals surface area contributed by atoms with Crippen molar-refractivity contribution in [1.29, 1.82) is 0 Å². The first-order valence-electron chi connectivity index (χ1n) is 12.4. The Labute approximate surface area is 225 Å². The predicted molar refractivity (Wildman–Crippen MR) is 161 cm³/mol. The Balaban J connectivity index is 1.84. The summed E-state index contributed by atoms with van der Waals surface area (Å²) in [6, 6.07) is 44.5. The Kier molecular flexibility index (Phi) is 10.6.